The van der Waals surface area contributed by atoms with Gasteiger partial charge in [-0.1, -0.05) is 19.8 Å². The number of benzene rings is 1. The van der Waals surface area contributed by atoms with Gasteiger partial charge in [0.25, 0.3) is 5.91 Å². The molecule has 1 N–H and O–H groups in total. The molecule has 148 valence electrons. The molecule has 1 aliphatic heterocycles. The number of hydrogen-bond donors (Lipinski definition) is 1. The molecule has 2 aliphatic rings. The van der Waals surface area contributed by atoms with Crippen LogP contribution in [-0.2, 0) is 14.3 Å². The summed E-state index contributed by atoms with van der Waals surface area (Å²) in [6.45, 7) is 7.30. The molecule has 2 fully saturated rings. The summed E-state index contributed by atoms with van der Waals surface area (Å²) in [6, 6.07) is 7.87. The number of likely N-dealkylation sites (N-methyl/N-ethyl adjacent to an activating group) is 1. The second-order valence-electron chi connectivity index (χ2n) is 7.53. The molecule has 1 saturated carbocycles. The maximum Gasteiger partial charge on any atom is 0.306 e. The summed E-state index contributed by atoms with van der Waals surface area (Å²) in [5.41, 5.74) is 1.90. The zero-order chi connectivity index (χ0) is 19.1. The Morgan fingerprint density at radius 3 is 2.37 bits per heavy atom. The molecule has 0 spiro atoms. The Labute approximate surface area is 161 Å². The molecule has 0 unspecified atom stereocenters. The van der Waals surface area contributed by atoms with Crippen LogP contribution in [0.25, 0.3) is 0 Å². The number of ether oxygens (including phenoxy) is 1. The largest absolute Gasteiger partial charge is 0.456 e. The summed E-state index contributed by atoms with van der Waals surface area (Å²) in [7, 11) is 0. The van der Waals surface area contributed by atoms with Gasteiger partial charge in [0.05, 0.1) is 0 Å². The lowest BCUT2D eigenvalue weighted by Gasteiger charge is -2.35. The third-order valence-electron chi connectivity index (χ3n) is 5.63. The molecule has 1 aromatic carbocycles. The molecule has 1 amide bonds. The van der Waals surface area contributed by atoms with Crippen molar-refractivity contribution < 1.29 is 14.3 Å². The van der Waals surface area contributed by atoms with E-state index in [4.69, 9.17) is 4.74 Å². The number of carbonyl (C=O) groups is 2. The maximum atomic E-state index is 12.0. The summed E-state index contributed by atoms with van der Waals surface area (Å²) in [4.78, 5) is 28.6. The SMILES string of the molecule is CCN1CCN(c2ccc(NC(=O)COC(=O)CC3CCCC3)cc2)CC1. The van der Waals surface area contributed by atoms with Crippen molar-refractivity contribution in [1.29, 1.82) is 0 Å². The summed E-state index contributed by atoms with van der Waals surface area (Å²) < 4.78 is 5.11. The standard InChI is InChI=1S/C21H31N3O3/c1-2-23-11-13-24(14-12-23)19-9-7-18(8-10-19)22-20(25)16-27-21(26)15-17-5-3-4-6-17/h7-10,17H,2-6,11-16H2,1H3,(H,22,25). The van der Waals surface area contributed by atoms with Crippen LogP contribution in [0.3, 0.4) is 0 Å². The van der Waals surface area contributed by atoms with E-state index in [2.05, 4.69) is 22.0 Å². The number of nitrogens with one attached hydrogen (secondary N) is 1. The first-order valence-corrected chi connectivity index (χ1v) is 10.2. The molecule has 1 saturated heterocycles. The van der Waals surface area contributed by atoms with E-state index in [-0.39, 0.29) is 18.5 Å². The molecule has 1 heterocycles. The molecule has 27 heavy (non-hydrogen) atoms. The van der Waals surface area contributed by atoms with Crippen LogP contribution in [0, 0.1) is 5.92 Å². The van der Waals surface area contributed by atoms with Crippen molar-refractivity contribution in [3.63, 3.8) is 0 Å². The van der Waals surface area contributed by atoms with Gasteiger partial charge in [0.2, 0.25) is 0 Å². The lowest BCUT2D eigenvalue weighted by molar-refractivity contribution is -0.148. The van der Waals surface area contributed by atoms with Gasteiger partial charge in [0.1, 0.15) is 0 Å². The van der Waals surface area contributed by atoms with Crippen LogP contribution in [0.4, 0.5) is 11.4 Å². The van der Waals surface area contributed by atoms with E-state index in [9.17, 15) is 9.59 Å². The van der Waals surface area contributed by atoms with Crippen molar-refractivity contribution in [3.05, 3.63) is 24.3 Å². The van der Waals surface area contributed by atoms with Crippen molar-refractivity contribution in [2.75, 3.05) is 49.5 Å². The smallest absolute Gasteiger partial charge is 0.306 e. The van der Waals surface area contributed by atoms with Crippen LogP contribution in [-0.4, -0.2) is 56.1 Å². The Morgan fingerprint density at radius 1 is 1.07 bits per heavy atom. The van der Waals surface area contributed by atoms with Crippen LogP contribution < -0.4 is 10.2 Å². The highest BCUT2D eigenvalue weighted by atomic mass is 16.5. The molecule has 0 aromatic heterocycles. The van der Waals surface area contributed by atoms with E-state index >= 15 is 0 Å². The minimum absolute atomic E-state index is 0.216. The number of amides is 1. The van der Waals surface area contributed by atoms with Crippen LogP contribution in [0.1, 0.15) is 39.0 Å². The first kappa shape index (κ1) is 19.7. The van der Waals surface area contributed by atoms with Gasteiger partial charge in [-0.15, -0.1) is 0 Å². The molecule has 6 nitrogen and oxygen atoms in total. The fourth-order valence-electron chi connectivity index (χ4n) is 3.93. The van der Waals surface area contributed by atoms with Crippen molar-refractivity contribution >= 4 is 23.3 Å². The van der Waals surface area contributed by atoms with Gasteiger partial charge < -0.3 is 19.9 Å². The minimum Gasteiger partial charge on any atom is -0.456 e. The molecule has 3 rings (SSSR count). The van der Waals surface area contributed by atoms with E-state index < -0.39 is 0 Å². The van der Waals surface area contributed by atoms with Gasteiger partial charge in [0, 0.05) is 44.0 Å². The summed E-state index contributed by atoms with van der Waals surface area (Å²) >= 11 is 0. The Morgan fingerprint density at radius 2 is 1.74 bits per heavy atom. The lowest BCUT2D eigenvalue weighted by Crippen LogP contribution is -2.46. The number of carbonyl (C=O) groups excluding carboxylic acids is 2. The molecule has 1 aromatic rings. The zero-order valence-electron chi connectivity index (χ0n) is 16.3. The molecule has 1 aliphatic carbocycles. The van der Waals surface area contributed by atoms with E-state index in [0.29, 0.717) is 12.3 Å². The van der Waals surface area contributed by atoms with Crippen LogP contribution in [0.5, 0.6) is 0 Å². The summed E-state index contributed by atoms with van der Waals surface area (Å²) in [5.74, 6) is -0.120. The fraction of sp³-hybridized carbons (Fsp3) is 0.619. The average molecular weight is 373 g/mol. The first-order chi connectivity index (χ1) is 13.1. The molecule has 6 heteroatoms. The number of esters is 1. The van der Waals surface area contributed by atoms with Crippen LogP contribution in [0.15, 0.2) is 24.3 Å². The Balaban J connectivity index is 1.39. The van der Waals surface area contributed by atoms with Crippen molar-refractivity contribution in [3.8, 4) is 0 Å². The predicted molar refractivity (Wildman–Crippen MR) is 107 cm³/mol. The van der Waals surface area contributed by atoms with Gasteiger partial charge >= 0.3 is 5.97 Å². The second-order valence-corrected chi connectivity index (χ2v) is 7.53. The number of nitrogens with zero attached hydrogens (tertiary/aromatic N) is 2. The topological polar surface area (TPSA) is 61.9 Å². The van der Waals surface area contributed by atoms with E-state index in [1.54, 1.807) is 0 Å². The predicted octanol–water partition coefficient (Wildman–Crippen LogP) is 2.89. The monoisotopic (exact) mass is 373 g/mol. The summed E-state index contributed by atoms with van der Waals surface area (Å²) in [6.07, 6.45) is 5.03. The van der Waals surface area contributed by atoms with E-state index in [1.165, 1.54) is 18.5 Å². The van der Waals surface area contributed by atoms with Gasteiger partial charge in [0.15, 0.2) is 6.61 Å². The Kier molecular flexibility index (Phi) is 7.10. The highest BCUT2D eigenvalue weighted by Crippen LogP contribution is 2.27. The number of piperazine rings is 1. The number of hydrogen-bond acceptors (Lipinski definition) is 5. The normalized spacial score (nSPS) is 18.5. The van der Waals surface area contributed by atoms with Crippen molar-refractivity contribution in [2.45, 2.75) is 39.0 Å². The van der Waals surface area contributed by atoms with Gasteiger partial charge in [-0.2, -0.15) is 0 Å². The average Bonchev–Trinajstić information content (AvgIpc) is 3.20. The maximum absolute atomic E-state index is 12.0. The fourth-order valence-corrected chi connectivity index (χ4v) is 3.93. The number of anilines is 2. The molecule has 0 radical (unpaired) electrons. The minimum atomic E-state index is -0.293. The highest BCUT2D eigenvalue weighted by molar-refractivity contribution is 5.92. The Hall–Kier alpha value is -2.08. The van der Waals surface area contributed by atoms with Crippen LogP contribution >= 0.6 is 0 Å². The lowest BCUT2D eigenvalue weighted by atomic mass is 10.1. The van der Waals surface area contributed by atoms with Crippen molar-refractivity contribution in [1.82, 2.24) is 4.90 Å². The van der Waals surface area contributed by atoms with Crippen molar-refractivity contribution in [2.24, 2.45) is 5.92 Å². The zero-order valence-corrected chi connectivity index (χ0v) is 16.3. The first-order valence-electron chi connectivity index (χ1n) is 10.2. The third-order valence-corrected chi connectivity index (χ3v) is 5.63. The van der Waals surface area contributed by atoms with E-state index in [0.717, 1.165) is 51.3 Å². The van der Waals surface area contributed by atoms with Gasteiger partial charge in [-0.25, -0.2) is 0 Å². The highest BCUT2D eigenvalue weighted by Gasteiger charge is 2.20. The molecule has 0 bridgehead atoms. The quantitative estimate of drug-likeness (QED) is 0.745. The number of rotatable bonds is 7. The molecular weight excluding hydrogens is 342 g/mol. The van der Waals surface area contributed by atoms with Crippen LogP contribution in [0.2, 0.25) is 0 Å². The summed E-state index contributed by atoms with van der Waals surface area (Å²) in [5, 5.41) is 2.79. The van der Waals surface area contributed by atoms with Gasteiger partial charge in [-0.05, 0) is 49.6 Å². The third kappa shape index (κ3) is 5.96. The van der Waals surface area contributed by atoms with E-state index in [1.807, 2.05) is 24.3 Å². The molecular formula is C21H31N3O3. The molecule has 0 atom stereocenters. The Bertz CT molecular complexity index is 618. The second kappa shape index (κ2) is 9.74. The van der Waals surface area contributed by atoms with Gasteiger partial charge in [-0.3, -0.25) is 9.59 Å².